The van der Waals surface area contributed by atoms with E-state index in [9.17, 15) is 0 Å². The predicted octanol–water partition coefficient (Wildman–Crippen LogP) is 2.74. The van der Waals surface area contributed by atoms with E-state index in [0.29, 0.717) is 5.92 Å². The average molecular weight is 160 g/mol. The number of rotatable bonds is 2. The summed E-state index contributed by atoms with van der Waals surface area (Å²) in [5.74, 6) is 1.54. The Morgan fingerprint density at radius 1 is 1.33 bits per heavy atom. The van der Waals surface area contributed by atoms with Crippen LogP contribution in [0.1, 0.15) is 17.9 Å². The summed E-state index contributed by atoms with van der Waals surface area (Å²) in [7, 11) is 1.69. The Hall–Kier alpha value is -1.24. The highest BCUT2D eigenvalue weighted by Crippen LogP contribution is 2.45. The van der Waals surface area contributed by atoms with Gasteiger partial charge in [0.1, 0.15) is 5.75 Å². The Bertz CT molecular complexity index is 297. The molecule has 1 aromatic carbocycles. The molecule has 12 heavy (non-hydrogen) atoms. The number of hydrogen-bond acceptors (Lipinski definition) is 1. The zero-order valence-electron chi connectivity index (χ0n) is 7.21. The van der Waals surface area contributed by atoms with Gasteiger partial charge in [0.25, 0.3) is 0 Å². The van der Waals surface area contributed by atoms with Crippen LogP contribution in [0.2, 0.25) is 0 Å². The Morgan fingerprint density at radius 3 is 2.33 bits per heavy atom. The molecule has 1 heteroatoms. The number of hydrogen-bond donors (Lipinski definition) is 0. The topological polar surface area (TPSA) is 9.23 Å². The quantitative estimate of drug-likeness (QED) is 0.604. The maximum atomic E-state index is 5.07. The molecule has 0 heterocycles. The summed E-state index contributed by atoms with van der Waals surface area (Å²) < 4.78 is 5.07. The number of ether oxygens (including phenoxy) is 1. The molecule has 0 aliphatic heterocycles. The van der Waals surface area contributed by atoms with Gasteiger partial charge in [-0.05, 0) is 24.1 Å². The molecule has 2 rings (SSSR count). The second-order valence-corrected chi connectivity index (χ2v) is 3.19. The minimum atomic E-state index is 0.621. The van der Waals surface area contributed by atoms with E-state index in [1.807, 2.05) is 12.1 Å². The maximum Gasteiger partial charge on any atom is 0.118 e. The first-order valence-electron chi connectivity index (χ1n) is 4.13. The minimum Gasteiger partial charge on any atom is -0.497 e. The molecule has 0 spiro atoms. The number of allylic oxidation sites excluding steroid dienone is 1. The highest BCUT2D eigenvalue weighted by molar-refractivity contribution is 5.41. The molecule has 1 nitrogen and oxygen atoms in total. The third-order valence-electron chi connectivity index (χ3n) is 2.32. The van der Waals surface area contributed by atoms with Crippen LogP contribution in [0.25, 0.3) is 0 Å². The van der Waals surface area contributed by atoms with Crippen LogP contribution in [0.3, 0.4) is 0 Å². The van der Waals surface area contributed by atoms with Crippen molar-refractivity contribution < 1.29 is 4.74 Å². The first-order chi connectivity index (χ1) is 5.81. The van der Waals surface area contributed by atoms with Crippen molar-refractivity contribution in [3.05, 3.63) is 42.0 Å². The first kappa shape index (κ1) is 7.41. The molecule has 0 saturated heterocycles. The largest absolute Gasteiger partial charge is 0.497 e. The van der Waals surface area contributed by atoms with Crippen LogP contribution in [-0.2, 0) is 0 Å². The molecular formula is C11H12O. The first-order valence-corrected chi connectivity index (χ1v) is 4.13. The molecule has 1 aromatic rings. The molecule has 0 N–H and O–H groups in total. The van der Waals surface area contributed by atoms with Crippen LogP contribution in [0.5, 0.6) is 5.75 Å². The molecule has 0 radical (unpaired) electrons. The SMILES string of the molecule is C=C1CC1c1ccc(OC)cc1. The summed E-state index contributed by atoms with van der Waals surface area (Å²) >= 11 is 0. The van der Waals surface area contributed by atoms with Gasteiger partial charge in [0.05, 0.1) is 7.11 Å². The molecule has 0 bridgehead atoms. The van der Waals surface area contributed by atoms with Crippen molar-refractivity contribution in [3.63, 3.8) is 0 Å². The summed E-state index contributed by atoms with van der Waals surface area (Å²) in [4.78, 5) is 0. The summed E-state index contributed by atoms with van der Waals surface area (Å²) in [6.07, 6.45) is 1.16. The van der Waals surface area contributed by atoms with E-state index in [1.54, 1.807) is 7.11 Å². The van der Waals surface area contributed by atoms with Crippen LogP contribution in [0.4, 0.5) is 0 Å². The highest BCUT2D eigenvalue weighted by atomic mass is 16.5. The van der Waals surface area contributed by atoms with Gasteiger partial charge in [0.15, 0.2) is 0 Å². The van der Waals surface area contributed by atoms with Crippen molar-refractivity contribution in [3.8, 4) is 5.75 Å². The standard InChI is InChI=1S/C11H12O/c1-8-7-11(8)9-3-5-10(12-2)6-4-9/h3-6,11H,1,7H2,2H3. The summed E-state index contributed by atoms with van der Waals surface area (Å²) in [5, 5.41) is 0. The fraction of sp³-hybridized carbons (Fsp3) is 0.273. The lowest BCUT2D eigenvalue weighted by atomic mass is 10.1. The lowest BCUT2D eigenvalue weighted by Gasteiger charge is -2.00. The van der Waals surface area contributed by atoms with Crippen molar-refractivity contribution >= 4 is 0 Å². The molecule has 62 valence electrons. The number of benzene rings is 1. The normalized spacial score (nSPS) is 20.8. The molecule has 1 saturated carbocycles. The lowest BCUT2D eigenvalue weighted by molar-refractivity contribution is 0.414. The second-order valence-electron chi connectivity index (χ2n) is 3.19. The molecule has 1 atom stereocenters. The van der Waals surface area contributed by atoms with Crippen LogP contribution < -0.4 is 4.74 Å². The van der Waals surface area contributed by atoms with Crippen molar-refractivity contribution in [2.24, 2.45) is 0 Å². The monoisotopic (exact) mass is 160 g/mol. The molecule has 1 aliphatic carbocycles. The summed E-state index contributed by atoms with van der Waals surface area (Å²) in [5.41, 5.74) is 2.71. The highest BCUT2D eigenvalue weighted by Gasteiger charge is 2.28. The van der Waals surface area contributed by atoms with Gasteiger partial charge in [-0.1, -0.05) is 24.3 Å². The zero-order valence-corrected chi connectivity index (χ0v) is 7.21. The molecule has 1 aliphatic rings. The van der Waals surface area contributed by atoms with Crippen LogP contribution in [0.15, 0.2) is 36.4 Å². The Labute approximate surface area is 72.7 Å². The van der Waals surface area contributed by atoms with Crippen molar-refractivity contribution in [2.45, 2.75) is 12.3 Å². The van der Waals surface area contributed by atoms with Gasteiger partial charge >= 0.3 is 0 Å². The van der Waals surface area contributed by atoms with E-state index in [4.69, 9.17) is 4.74 Å². The number of methoxy groups -OCH3 is 1. The van der Waals surface area contributed by atoms with E-state index >= 15 is 0 Å². The van der Waals surface area contributed by atoms with E-state index in [2.05, 4.69) is 18.7 Å². The summed E-state index contributed by atoms with van der Waals surface area (Å²) in [6.45, 7) is 3.94. The van der Waals surface area contributed by atoms with E-state index in [1.165, 1.54) is 11.1 Å². The predicted molar refractivity (Wildman–Crippen MR) is 49.5 cm³/mol. The molecule has 1 unspecified atom stereocenters. The van der Waals surface area contributed by atoms with Gasteiger partial charge in [-0.15, -0.1) is 0 Å². The second kappa shape index (κ2) is 2.67. The summed E-state index contributed by atoms with van der Waals surface area (Å²) in [6, 6.07) is 8.23. The fourth-order valence-corrected chi connectivity index (χ4v) is 1.39. The van der Waals surface area contributed by atoms with Gasteiger partial charge in [0.2, 0.25) is 0 Å². The Kier molecular flexibility index (Phi) is 1.65. The molecule has 0 amide bonds. The van der Waals surface area contributed by atoms with E-state index in [0.717, 1.165) is 12.2 Å². The van der Waals surface area contributed by atoms with E-state index < -0.39 is 0 Å². The lowest BCUT2D eigenvalue weighted by Crippen LogP contribution is -1.83. The van der Waals surface area contributed by atoms with Gasteiger partial charge in [0, 0.05) is 5.92 Å². The van der Waals surface area contributed by atoms with Crippen molar-refractivity contribution in [1.82, 2.24) is 0 Å². The van der Waals surface area contributed by atoms with Crippen LogP contribution in [0, 0.1) is 0 Å². The Morgan fingerprint density at radius 2 is 1.92 bits per heavy atom. The van der Waals surface area contributed by atoms with Gasteiger partial charge in [-0.2, -0.15) is 0 Å². The molecular weight excluding hydrogens is 148 g/mol. The third-order valence-corrected chi connectivity index (χ3v) is 2.32. The Balaban J connectivity index is 2.20. The van der Waals surface area contributed by atoms with Gasteiger partial charge in [-0.3, -0.25) is 0 Å². The van der Waals surface area contributed by atoms with Crippen molar-refractivity contribution in [1.29, 1.82) is 0 Å². The maximum absolute atomic E-state index is 5.07. The zero-order chi connectivity index (χ0) is 8.55. The molecule has 0 aromatic heterocycles. The van der Waals surface area contributed by atoms with Gasteiger partial charge < -0.3 is 4.74 Å². The minimum absolute atomic E-state index is 0.621. The van der Waals surface area contributed by atoms with Gasteiger partial charge in [-0.25, -0.2) is 0 Å². The average Bonchev–Trinajstić information content (AvgIpc) is 2.83. The van der Waals surface area contributed by atoms with Crippen LogP contribution in [-0.4, -0.2) is 7.11 Å². The van der Waals surface area contributed by atoms with E-state index in [-0.39, 0.29) is 0 Å². The third kappa shape index (κ3) is 1.22. The smallest absolute Gasteiger partial charge is 0.118 e. The van der Waals surface area contributed by atoms with Crippen molar-refractivity contribution in [2.75, 3.05) is 7.11 Å². The van der Waals surface area contributed by atoms with Crippen LogP contribution >= 0.6 is 0 Å². The fourth-order valence-electron chi connectivity index (χ4n) is 1.39. The molecule has 1 fully saturated rings.